The molecule has 0 saturated carbocycles. The zero-order valence-corrected chi connectivity index (χ0v) is 20.7. The van der Waals surface area contributed by atoms with E-state index < -0.39 is 0 Å². The number of likely N-dealkylation sites (tertiary alicyclic amines) is 1. The Labute approximate surface area is 198 Å². The van der Waals surface area contributed by atoms with Crippen LogP contribution in [0.4, 0.5) is 10.5 Å². The maximum atomic E-state index is 12.2. The lowest BCUT2D eigenvalue weighted by molar-refractivity contribution is 0.237. The number of urea groups is 1. The first-order valence-corrected chi connectivity index (χ1v) is 12.1. The van der Waals surface area contributed by atoms with Crippen LogP contribution >= 0.6 is 12.2 Å². The van der Waals surface area contributed by atoms with Gasteiger partial charge in [0, 0.05) is 38.6 Å². The number of guanidine groups is 1. The number of carbonyl (C=O) groups is 1. The molecule has 1 aliphatic rings. The molecule has 8 heteroatoms. The van der Waals surface area contributed by atoms with Crippen LogP contribution in [0.2, 0.25) is 0 Å². The van der Waals surface area contributed by atoms with Crippen molar-refractivity contribution >= 4 is 41.2 Å². The fourth-order valence-corrected chi connectivity index (χ4v) is 4.06. The summed E-state index contributed by atoms with van der Waals surface area (Å²) in [6.45, 7) is 8.82. The molecule has 1 saturated heterocycles. The summed E-state index contributed by atoms with van der Waals surface area (Å²) in [6, 6.07) is 5.86. The van der Waals surface area contributed by atoms with E-state index in [1.54, 1.807) is 7.05 Å². The van der Waals surface area contributed by atoms with Crippen LogP contribution in [0.15, 0.2) is 28.2 Å². The quantitative estimate of drug-likeness (QED) is 0.319. The van der Waals surface area contributed by atoms with Crippen molar-refractivity contribution in [2.45, 2.75) is 59.3 Å². The molecule has 176 valence electrons. The zero-order chi connectivity index (χ0) is 23.3. The first kappa shape index (κ1) is 25.8. The molecule has 0 aromatic heterocycles. The van der Waals surface area contributed by atoms with Crippen molar-refractivity contribution in [1.29, 1.82) is 0 Å². The smallest absolute Gasteiger partial charge is 0.321 e. The second-order valence-corrected chi connectivity index (χ2v) is 8.55. The van der Waals surface area contributed by atoms with E-state index in [4.69, 9.17) is 12.2 Å². The first-order chi connectivity index (χ1) is 15.5. The van der Waals surface area contributed by atoms with Crippen molar-refractivity contribution in [2.24, 2.45) is 15.9 Å². The number of rotatable bonds is 7. The number of carbonyl (C=O) groups excluding carboxylic acids is 1. The van der Waals surface area contributed by atoms with Crippen molar-refractivity contribution < 1.29 is 4.79 Å². The average Bonchev–Trinajstić information content (AvgIpc) is 2.78. The largest absolute Gasteiger partial charge is 0.341 e. The SMILES string of the molecule is CCC/C=N\C(=N/C)N1CCC(CCNC(=O)NC(=S)Nc2c(C)cccc2CC)CC1. The van der Waals surface area contributed by atoms with Gasteiger partial charge < -0.3 is 15.5 Å². The highest BCUT2D eigenvalue weighted by Crippen LogP contribution is 2.21. The summed E-state index contributed by atoms with van der Waals surface area (Å²) in [4.78, 5) is 23.3. The summed E-state index contributed by atoms with van der Waals surface area (Å²) in [5.74, 6) is 1.42. The van der Waals surface area contributed by atoms with Gasteiger partial charge in [0.1, 0.15) is 0 Å². The van der Waals surface area contributed by atoms with E-state index in [9.17, 15) is 4.79 Å². The van der Waals surface area contributed by atoms with Gasteiger partial charge in [-0.25, -0.2) is 9.79 Å². The molecular weight excluding hydrogens is 420 g/mol. The van der Waals surface area contributed by atoms with Gasteiger partial charge in [0.15, 0.2) is 5.11 Å². The van der Waals surface area contributed by atoms with E-state index in [0.29, 0.717) is 17.6 Å². The Hall–Kier alpha value is -2.48. The molecule has 0 aliphatic carbocycles. The van der Waals surface area contributed by atoms with Crippen LogP contribution in [-0.4, -0.2) is 54.9 Å². The molecule has 0 atom stereocenters. The molecule has 2 rings (SSSR count). The third-order valence-electron chi connectivity index (χ3n) is 5.77. The normalized spacial score (nSPS) is 15.1. The second kappa shape index (κ2) is 13.8. The molecule has 0 unspecified atom stereocenters. The number of amides is 2. The Balaban J connectivity index is 1.69. The van der Waals surface area contributed by atoms with Gasteiger partial charge in [-0.1, -0.05) is 38.5 Å². The lowest BCUT2D eigenvalue weighted by Gasteiger charge is -2.32. The number of benzene rings is 1. The van der Waals surface area contributed by atoms with Crippen LogP contribution in [0, 0.1) is 12.8 Å². The van der Waals surface area contributed by atoms with Crippen LogP contribution in [-0.2, 0) is 6.42 Å². The Morgan fingerprint density at radius 2 is 2.03 bits per heavy atom. The Kier molecular flexibility index (Phi) is 11.1. The van der Waals surface area contributed by atoms with E-state index in [1.807, 2.05) is 25.3 Å². The van der Waals surface area contributed by atoms with Crippen LogP contribution in [0.3, 0.4) is 0 Å². The zero-order valence-electron chi connectivity index (χ0n) is 19.9. The van der Waals surface area contributed by atoms with Gasteiger partial charge in [-0.05, 0) is 68.3 Å². The summed E-state index contributed by atoms with van der Waals surface area (Å²) in [5, 5.41) is 9.15. The molecule has 0 radical (unpaired) electrons. The fraction of sp³-hybridized carbons (Fsp3) is 0.583. The summed E-state index contributed by atoms with van der Waals surface area (Å²) in [7, 11) is 1.80. The summed E-state index contributed by atoms with van der Waals surface area (Å²) < 4.78 is 0. The lowest BCUT2D eigenvalue weighted by atomic mass is 9.94. The van der Waals surface area contributed by atoms with Crippen LogP contribution < -0.4 is 16.0 Å². The van der Waals surface area contributed by atoms with E-state index in [1.165, 1.54) is 5.56 Å². The van der Waals surface area contributed by atoms with Gasteiger partial charge in [0.25, 0.3) is 0 Å². The average molecular weight is 459 g/mol. The molecule has 1 heterocycles. The third kappa shape index (κ3) is 8.22. The van der Waals surface area contributed by atoms with Crippen molar-refractivity contribution in [3.8, 4) is 0 Å². The summed E-state index contributed by atoms with van der Waals surface area (Å²) >= 11 is 5.33. The minimum atomic E-state index is -0.266. The monoisotopic (exact) mass is 458 g/mol. The highest BCUT2D eigenvalue weighted by atomic mass is 32.1. The summed E-state index contributed by atoms with van der Waals surface area (Å²) in [5.41, 5.74) is 3.25. The van der Waals surface area contributed by atoms with Gasteiger partial charge in [0.2, 0.25) is 5.96 Å². The molecule has 1 aliphatic heterocycles. The number of nitrogens with one attached hydrogen (secondary N) is 3. The molecule has 1 aromatic rings. The van der Waals surface area contributed by atoms with Crippen molar-refractivity contribution in [3.63, 3.8) is 0 Å². The number of unbranched alkanes of at least 4 members (excludes halogenated alkanes) is 1. The van der Waals surface area contributed by atoms with Gasteiger partial charge in [-0.3, -0.25) is 10.3 Å². The number of hydrogen-bond donors (Lipinski definition) is 3. The minimum absolute atomic E-state index is 0.266. The van der Waals surface area contributed by atoms with Crippen molar-refractivity contribution in [3.05, 3.63) is 29.3 Å². The number of nitrogens with zero attached hydrogens (tertiary/aromatic N) is 3. The molecule has 0 spiro atoms. The number of para-hydroxylation sites is 1. The van der Waals surface area contributed by atoms with Gasteiger partial charge in [-0.15, -0.1) is 0 Å². The van der Waals surface area contributed by atoms with Crippen LogP contribution in [0.1, 0.15) is 57.1 Å². The molecule has 7 nitrogen and oxygen atoms in total. The van der Waals surface area contributed by atoms with Gasteiger partial charge in [-0.2, -0.15) is 0 Å². The van der Waals surface area contributed by atoms with Gasteiger partial charge >= 0.3 is 6.03 Å². The number of aryl methyl sites for hydroxylation is 2. The highest BCUT2D eigenvalue weighted by molar-refractivity contribution is 7.80. The molecule has 2 amide bonds. The number of anilines is 1. The van der Waals surface area contributed by atoms with Gasteiger partial charge in [0.05, 0.1) is 0 Å². The van der Waals surface area contributed by atoms with Crippen LogP contribution in [0.5, 0.6) is 0 Å². The topological polar surface area (TPSA) is 81.1 Å². The Morgan fingerprint density at radius 1 is 1.28 bits per heavy atom. The number of hydrogen-bond acceptors (Lipinski definition) is 3. The Bertz CT molecular complexity index is 815. The maximum Gasteiger partial charge on any atom is 0.321 e. The van der Waals surface area contributed by atoms with E-state index >= 15 is 0 Å². The molecule has 0 bridgehead atoms. The minimum Gasteiger partial charge on any atom is -0.341 e. The predicted octanol–water partition coefficient (Wildman–Crippen LogP) is 4.51. The summed E-state index contributed by atoms with van der Waals surface area (Å²) in [6.07, 6.45) is 8.05. The molecule has 1 fully saturated rings. The third-order valence-corrected chi connectivity index (χ3v) is 5.97. The van der Waals surface area contributed by atoms with Crippen molar-refractivity contribution in [2.75, 3.05) is 32.0 Å². The number of aliphatic imine (C=N–C) groups is 2. The molecule has 1 aromatic carbocycles. The van der Waals surface area contributed by atoms with Crippen LogP contribution in [0.25, 0.3) is 0 Å². The molecular formula is C24H38N6OS. The number of thiocarbonyl (C=S) groups is 1. The first-order valence-electron chi connectivity index (χ1n) is 11.7. The second-order valence-electron chi connectivity index (χ2n) is 8.14. The number of piperidine rings is 1. The maximum absolute atomic E-state index is 12.2. The van der Waals surface area contributed by atoms with E-state index in [-0.39, 0.29) is 6.03 Å². The standard InChI is InChI=1S/C24H38N6OS/c1-5-7-14-26-22(25-4)30-16-12-19(13-17-30)11-15-27-23(31)29-24(32)28-21-18(3)9-8-10-20(21)6-2/h8-10,14,19H,5-7,11-13,15-17H2,1-4H3,(H3,27,28,29,31,32)/b25-22+,26-14-. The van der Waals surface area contributed by atoms with Crippen molar-refractivity contribution in [1.82, 2.24) is 15.5 Å². The fourth-order valence-electron chi connectivity index (χ4n) is 3.86. The molecule has 3 N–H and O–H groups in total. The molecule has 32 heavy (non-hydrogen) atoms. The van der Waals surface area contributed by atoms with E-state index in [0.717, 1.165) is 68.8 Å². The van der Waals surface area contributed by atoms with E-state index in [2.05, 4.69) is 50.7 Å². The lowest BCUT2D eigenvalue weighted by Crippen LogP contribution is -2.43. The Morgan fingerprint density at radius 3 is 2.69 bits per heavy atom. The predicted molar refractivity (Wildman–Crippen MR) is 139 cm³/mol. The highest BCUT2D eigenvalue weighted by Gasteiger charge is 2.21.